The second kappa shape index (κ2) is 7.09. The summed E-state index contributed by atoms with van der Waals surface area (Å²) in [6.45, 7) is 1.70. The quantitative estimate of drug-likeness (QED) is 0.794. The van der Waals surface area contributed by atoms with E-state index in [2.05, 4.69) is 5.32 Å². The minimum Gasteiger partial charge on any atom is -0.322 e. The fourth-order valence-corrected chi connectivity index (χ4v) is 3.16. The Morgan fingerprint density at radius 2 is 1.68 bits per heavy atom. The number of benzene rings is 2. The number of aryl methyl sites for hydroxylation is 1. The molecule has 0 bridgehead atoms. The lowest BCUT2D eigenvalue weighted by Gasteiger charge is -2.11. The zero-order chi connectivity index (χ0) is 18.8. The van der Waals surface area contributed by atoms with Crippen LogP contribution in [0.5, 0.6) is 0 Å². The van der Waals surface area contributed by atoms with Crippen molar-refractivity contribution in [2.45, 2.75) is 22.2 Å². The second-order valence-electron chi connectivity index (χ2n) is 5.28. The number of hydrogen-bond donors (Lipinski definition) is 1. The summed E-state index contributed by atoms with van der Waals surface area (Å²) in [6, 6.07) is 9.30. The molecule has 0 spiro atoms. The zero-order valence-corrected chi connectivity index (χ0v) is 14.8. The Labute approximate surface area is 147 Å². The maximum absolute atomic E-state index is 12.3. The number of amides is 1. The van der Waals surface area contributed by atoms with Gasteiger partial charge in [-0.25, -0.2) is 8.42 Å². The van der Waals surface area contributed by atoms with Crippen molar-refractivity contribution in [2.75, 3.05) is 11.6 Å². The lowest BCUT2D eigenvalue weighted by Crippen LogP contribution is -2.13. The van der Waals surface area contributed by atoms with E-state index in [4.69, 9.17) is 0 Å². The number of carbonyl (C=O) groups excluding carboxylic acids is 1. The van der Waals surface area contributed by atoms with E-state index in [1.807, 2.05) is 0 Å². The maximum Gasteiger partial charge on any atom is 0.446 e. The van der Waals surface area contributed by atoms with Gasteiger partial charge in [0.2, 0.25) is 0 Å². The number of rotatable bonds is 4. The van der Waals surface area contributed by atoms with Crippen LogP contribution in [0.3, 0.4) is 0 Å². The third-order valence-corrected chi connectivity index (χ3v) is 5.09. The molecule has 0 aromatic heterocycles. The third kappa shape index (κ3) is 5.50. The highest BCUT2D eigenvalue weighted by atomic mass is 32.2. The number of alkyl halides is 3. The Balaban J connectivity index is 2.20. The molecule has 134 valence electrons. The van der Waals surface area contributed by atoms with Crippen LogP contribution in [0, 0.1) is 6.92 Å². The number of carbonyl (C=O) groups is 1. The summed E-state index contributed by atoms with van der Waals surface area (Å²) in [4.78, 5) is 12.3. The van der Waals surface area contributed by atoms with Crippen LogP contribution in [0.4, 0.5) is 18.9 Å². The van der Waals surface area contributed by atoms with Crippen molar-refractivity contribution in [3.8, 4) is 0 Å². The highest BCUT2D eigenvalue weighted by molar-refractivity contribution is 8.00. The molecule has 2 aromatic carbocycles. The molecular weight excluding hydrogens is 375 g/mol. The van der Waals surface area contributed by atoms with Crippen LogP contribution in [-0.2, 0) is 9.84 Å². The molecule has 0 saturated carbocycles. The van der Waals surface area contributed by atoms with Crippen LogP contribution in [0.25, 0.3) is 0 Å². The number of nitrogens with one attached hydrogen (secondary N) is 1. The number of thioether (sulfide) groups is 1. The van der Waals surface area contributed by atoms with E-state index in [1.165, 1.54) is 36.4 Å². The summed E-state index contributed by atoms with van der Waals surface area (Å²) in [6.07, 6.45) is 1.06. The molecule has 0 heterocycles. The third-order valence-electron chi connectivity index (χ3n) is 3.24. The molecule has 1 N–H and O–H groups in total. The fourth-order valence-electron chi connectivity index (χ4n) is 1.97. The van der Waals surface area contributed by atoms with Gasteiger partial charge in [-0.05, 0) is 60.6 Å². The minimum absolute atomic E-state index is 0.0284. The van der Waals surface area contributed by atoms with Crippen LogP contribution >= 0.6 is 11.8 Å². The Kier molecular flexibility index (Phi) is 5.48. The average molecular weight is 389 g/mol. The van der Waals surface area contributed by atoms with Gasteiger partial charge in [0, 0.05) is 22.4 Å². The van der Waals surface area contributed by atoms with Crippen molar-refractivity contribution < 1.29 is 26.4 Å². The normalized spacial score (nSPS) is 12.0. The first kappa shape index (κ1) is 19.3. The van der Waals surface area contributed by atoms with Crippen molar-refractivity contribution in [2.24, 2.45) is 0 Å². The summed E-state index contributed by atoms with van der Waals surface area (Å²) < 4.78 is 60.1. The molecule has 2 aromatic rings. The van der Waals surface area contributed by atoms with Crippen molar-refractivity contribution in [3.63, 3.8) is 0 Å². The maximum atomic E-state index is 12.3. The SMILES string of the molecule is Cc1ccc(S(C)(=O)=O)cc1NC(=O)c1ccc(SC(F)(F)F)cc1. The van der Waals surface area contributed by atoms with E-state index in [0.717, 1.165) is 6.26 Å². The Morgan fingerprint density at radius 3 is 2.20 bits per heavy atom. The number of halogens is 3. The number of hydrogen-bond acceptors (Lipinski definition) is 4. The molecule has 0 aliphatic heterocycles. The van der Waals surface area contributed by atoms with E-state index in [1.54, 1.807) is 13.0 Å². The minimum atomic E-state index is -4.40. The molecule has 0 saturated heterocycles. The van der Waals surface area contributed by atoms with Crippen LogP contribution in [-0.4, -0.2) is 26.1 Å². The summed E-state index contributed by atoms with van der Waals surface area (Å²) in [5.41, 5.74) is -3.25. The van der Waals surface area contributed by atoms with Gasteiger partial charge in [-0.15, -0.1) is 0 Å². The molecule has 0 fully saturated rings. The molecule has 0 aliphatic rings. The topological polar surface area (TPSA) is 63.2 Å². The predicted molar refractivity (Wildman–Crippen MR) is 90.6 cm³/mol. The fraction of sp³-hybridized carbons (Fsp3) is 0.188. The summed E-state index contributed by atoms with van der Waals surface area (Å²) in [5, 5.41) is 2.57. The van der Waals surface area contributed by atoms with E-state index in [0.29, 0.717) is 11.3 Å². The monoisotopic (exact) mass is 389 g/mol. The summed E-state index contributed by atoms with van der Waals surface area (Å²) in [5.74, 6) is -0.544. The molecule has 2 rings (SSSR count). The van der Waals surface area contributed by atoms with E-state index < -0.39 is 21.3 Å². The first-order valence-electron chi connectivity index (χ1n) is 6.93. The number of sulfone groups is 1. The van der Waals surface area contributed by atoms with Gasteiger partial charge in [-0.2, -0.15) is 13.2 Å². The first-order chi connectivity index (χ1) is 11.5. The molecule has 0 radical (unpaired) electrons. The first-order valence-corrected chi connectivity index (χ1v) is 9.64. The second-order valence-corrected chi connectivity index (χ2v) is 8.43. The van der Waals surface area contributed by atoms with E-state index >= 15 is 0 Å². The molecule has 0 atom stereocenters. The summed E-state index contributed by atoms with van der Waals surface area (Å²) >= 11 is -0.266. The largest absolute Gasteiger partial charge is 0.446 e. The van der Waals surface area contributed by atoms with E-state index in [-0.39, 0.29) is 27.1 Å². The van der Waals surface area contributed by atoms with Gasteiger partial charge in [0.15, 0.2) is 9.84 Å². The van der Waals surface area contributed by atoms with Gasteiger partial charge in [0.05, 0.1) is 4.90 Å². The van der Waals surface area contributed by atoms with Gasteiger partial charge in [-0.3, -0.25) is 4.79 Å². The van der Waals surface area contributed by atoms with Crippen LogP contribution < -0.4 is 5.32 Å². The van der Waals surface area contributed by atoms with Gasteiger partial charge < -0.3 is 5.32 Å². The van der Waals surface area contributed by atoms with Crippen LogP contribution in [0.2, 0.25) is 0 Å². The molecule has 9 heteroatoms. The number of anilines is 1. The molecular formula is C16H14F3NO3S2. The smallest absolute Gasteiger partial charge is 0.322 e. The molecule has 0 unspecified atom stereocenters. The van der Waals surface area contributed by atoms with Crippen molar-refractivity contribution in [1.29, 1.82) is 0 Å². The highest BCUT2D eigenvalue weighted by Gasteiger charge is 2.29. The van der Waals surface area contributed by atoms with E-state index in [9.17, 15) is 26.4 Å². The average Bonchev–Trinajstić information content (AvgIpc) is 2.47. The Bertz CT molecular complexity index is 892. The lowest BCUT2D eigenvalue weighted by molar-refractivity contribution is -0.0328. The van der Waals surface area contributed by atoms with Gasteiger partial charge in [0.1, 0.15) is 0 Å². The molecule has 25 heavy (non-hydrogen) atoms. The zero-order valence-electron chi connectivity index (χ0n) is 13.2. The molecule has 1 amide bonds. The predicted octanol–water partition coefficient (Wildman–Crippen LogP) is 4.26. The van der Waals surface area contributed by atoms with Crippen molar-refractivity contribution >= 4 is 33.2 Å². The standard InChI is InChI=1S/C16H14F3NO3S2/c1-10-3-8-13(25(2,22)23)9-14(10)20-15(21)11-4-6-12(7-5-11)24-16(17,18)19/h3-9H,1-2H3,(H,20,21). The lowest BCUT2D eigenvalue weighted by atomic mass is 10.1. The highest BCUT2D eigenvalue weighted by Crippen LogP contribution is 2.36. The molecule has 0 aliphatic carbocycles. The van der Waals surface area contributed by atoms with Crippen LogP contribution in [0.15, 0.2) is 52.3 Å². The Hall–Kier alpha value is -2.00. The van der Waals surface area contributed by atoms with Crippen LogP contribution in [0.1, 0.15) is 15.9 Å². The van der Waals surface area contributed by atoms with Gasteiger partial charge in [0.25, 0.3) is 5.91 Å². The Morgan fingerprint density at radius 1 is 1.08 bits per heavy atom. The molecule has 4 nitrogen and oxygen atoms in total. The van der Waals surface area contributed by atoms with Crippen molar-refractivity contribution in [3.05, 3.63) is 53.6 Å². The van der Waals surface area contributed by atoms with Gasteiger partial charge >= 0.3 is 5.51 Å². The van der Waals surface area contributed by atoms with Gasteiger partial charge in [-0.1, -0.05) is 6.07 Å². The van der Waals surface area contributed by atoms with Crippen molar-refractivity contribution in [1.82, 2.24) is 0 Å². The summed E-state index contributed by atoms with van der Waals surface area (Å²) in [7, 11) is -3.43.